The van der Waals surface area contributed by atoms with E-state index < -0.39 is 0 Å². The molecule has 0 bridgehead atoms. The van der Waals surface area contributed by atoms with Crippen LogP contribution in [-0.4, -0.2) is 42.9 Å². The summed E-state index contributed by atoms with van der Waals surface area (Å²) >= 11 is 0. The fourth-order valence-electron chi connectivity index (χ4n) is 4.16. The standard InChI is InChI=1S/C23H26FN3O2/c24-20-7-5-17(6-8-20)15-25-23(29)19-9-12-26(13-10-19)16-22(28)27-14-11-18-3-1-2-4-21(18)27/h1-8,19H,9-16H2,(H,25,29). The van der Waals surface area contributed by atoms with Crippen molar-refractivity contribution >= 4 is 17.5 Å². The summed E-state index contributed by atoms with van der Waals surface area (Å²) in [5, 5.41) is 2.94. The Morgan fingerprint density at radius 3 is 2.48 bits per heavy atom. The molecule has 0 aliphatic carbocycles. The van der Waals surface area contributed by atoms with E-state index in [1.807, 2.05) is 23.1 Å². The molecule has 5 nitrogen and oxygen atoms in total. The van der Waals surface area contributed by atoms with E-state index in [4.69, 9.17) is 0 Å². The molecule has 0 saturated carbocycles. The van der Waals surface area contributed by atoms with Crippen LogP contribution in [0.15, 0.2) is 48.5 Å². The highest BCUT2D eigenvalue weighted by molar-refractivity contribution is 5.96. The normalized spacial score (nSPS) is 17.2. The molecule has 2 heterocycles. The van der Waals surface area contributed by atoms with Crippen molar-refractivity contribution < 1.29 is 14.0 Å². The molecule has 0 aromatic heterocycles. The number of halogens is 1. The Kier molecular flexibility index (Phi) is 5.90. The molecule has 2 aliphatic rings. The van der Waals surface area contributed by atoms with Crippen LogP contribution >= 0.6 is 0 Å². The summed E-state index contributed by atoms with van der Waals surface area (Å²) in [4.78, 5) is 29.2. The van der Waals surface area contributed by atoms with E-state index in [-0.39, 0.29) is 23.5 Å². The largest absolute Gasteiger partial charge is 0.352 e. The van der Waals surface area contributed by atoms with Gasteiger partial charge >= 0.3 is 0 Å². The minimum Gasteiger partial charge on any atom is -0.352 e. The molecule has 0 atom stereocenters. The van der Waals surface area contributed by atoms with E-state index >= 15 is 0 Å². The monoisotopic (exact) mass is 395 g/mol. The second-order valence-corrected chi connectivity index (χ2v) is 7.82. The van der Waals surface area contributed by atoms with E-state index in [2.05, 4.69) is 16.3 Å². The maximum atomic E-state index is 13.0. The molecule has 29 heavy (non-hydrogen) atoms. The first-order valence-electron chi connectivity index (χ1n) is 10.2. The number of piperidine rings is 1. The molecule has 0 spiro atoms. The number of likely N-dealkylation sites (tertiary alicyclic amines) is 1. The number of nitrogens with zero attached hydrogens (tertiary/aromatic N) is 2. The summed E-state index contributed by atoms with van der Waals surface area (Å²) in [5.74, 6) is -0.142. The molecule has 2 aromatic rings. The summed E-state index contributed by atoms with van der Waals surface area (Å²) < 4.78 is 13.0. The lowest BCUT2D eigenvalue weighted by Gasteiger charge is -2.32. The fraction of sp³-hybridized carbons (Fsp3) is 0.391. The molecule has 1 saturated heterocycles. The van der Waals surface area contributed by atoms with Gasteiger partial charge in [-0.1, -0.05) is 30.3 Å². The predicted octanol–water partition coefficient (Wildman–Crippen LogP) is 2.74. The van der Waals surface area contributed by atoms with Gasteiger partial charge in [-0.15, -0.1) is 0 Å². The van der Waals surface area contributed by atoms with Crippen LogP contribution in [0, 0.1) is 11.7 Å². The Balaban J connectivity index is 1.22. The zero-order valence-corrected chi connectivity index (χ0v) is 16.4. The second-order valence-electron chi connectivity index (χ2n) is 7.82. The number of hydrogen-bond acceptors (Lipinski definition) is 3. The molecule has 0 radical (unpaired) electrons. The number of anilines is 1. The summed E-state index contributed by atoms with van der Waals surface area (Å²) in [6, 6.07) is 14.2. The van der Waals surface area contributed by atoms with Crippen molar-refractivity contribution in [2.75, 3.05) is 31.1 Å². The van der Waals surface area contributed by atoms with Crippen LogP contribution in [0.3, 0.4) is 0 Å². The molecule has 6 heteroatoms. The van der Waals surface area contributed by atoms with Gasteiger partial charge in [-0.2, -0.15) is 0 Å². The summed E-state index contributed by atoms with van der Waals surface area (Å²) in [6.45, 7) is 3.05. The van der Waals surface area contributed by atoms with Gasteiger partial charge in [-0.05, 0) is 61.7 Å². The number of carbonyl (C=O) groups is 2. The molecular formula is C23H26FN3O2. The highest BCUT2D eigenvalue weighted by Gasteiger charge is 2.29. The lowest BCUT2D eigenvalue weighted by atomic mass is 9.96. The lowest BCUT2D eigenvalue weighted by molar-refractivity contribution is -0.126. The molecule has 1 N–H and O–H groups in total. The third-order valence-corrected chi connectivity index (χ3v) is 5.89. The topological polar surface area (TPSA) is 52.7 Å². The maximum Gasteiger partial charge on any atom is 0.241 e. The average Bonchev–Trinajstić information content (AvgIpc) is 3.18. The minimum absolute atomic E-state index is 0.0330. The summed E-state index contributed by atoms with van der Waals surface area (Å²) in [5.41, 5.74) is 3.15. The Labute approximate surface area is 170 Å². The second kappa shape index (κ2) is 8.74. The van der Waals surface area contributed by atoms with Crippen LogP contribution in [-0.2, 0) is 22.6 Å². The number of hydrogen-bond donors (Lipinski definition) is 1. The van der Waals surface area contributed by atoms with Crippen molar-refractivity contribution in [2.45, 2.75) is 25.8 Å². The van der Waals surface area contributed by atoms with Crippen molar-refractivity contribution in [3.63, 3.8) is 0 Å². The zero-order valence-electron chi connectivity index (χ0n) is 16.4. The molecule has 2 amide bonds. The fourth-order valence-corrected chi connectivity index (χ4v) is 4.16. The SMILES string of the molecule is O=C(NCc1ccc(F)cc1)C1CCN(CC(=O)N2CCc3ccccc32)CC1. The number of benzene rings is 2. The van der Waals surface area contributed by atoms with Gasteiger partial charge in [0.1, 0.15) is 5.82 Å². The van der Waals surface area contributed by atoms with Gasteiger partial charge in [-0.25, -0.2) is 4.39 Å². The van der Waals surface area contributed by atoms with Crippen molar-refractivity contribution in [3.05, 3.63) is 65.5 Å². The smallest absolute Gasteiger partial charge is 0.241 e. The van der Waals surface area contributed by atoms with E-state index in [0.29, 0.717) is 13.1 Å². The van der Waals surface area contributed by atoms with Crippen LogP contribution in [0.4, 0.5) is 10.1 Å². The van der Waals surface area contributed by atoms with Crippen LogP contribution in [0.25, 0.3) is 0 Å². The molecule has 1 fully saturated rings. The van der Waals surface area contributed by atoms with Crippen molar-refractivity contribution in [3.8, 4) is 0 Å². The van der Waals surface area contributed by atoms with Gasteiger partial charge in [0.15, 0.2) is 0 Å². The molecule has 4 rings (SSSR count). The van der Waals surface area contributed by atoms with E-state index in [1.165, 1.54) is 17.7 Å². The van der Waals surface area contributed by atoms with Gasteiger partial charge in [0.25, 0.3) is 0 Å². The minimum atomic E-state index is -0.278. The Hall–Kier alpha value is -2.73. The third-order valence-electron chi connectivity index (χ3n) is 5.89. The molecule has 152 valence electrons. The molecule has 2 aliphatic heterocycles. The number of amides is 2. The van der Waals surface area contributed by atoms with Gasteiger partial charge in [0.2, 0.25) is 11.8 Å². The third kappa shape index (κ3) is 4.65. The number of carbonyl (C=O) groups excluding carboxylic acids is 2. The van der Waals surface area contributed by atoms with E-state index in [0.717, 1.165) is 50.1 Å². The Morgan fingerprint density at radius 1 is 1.00 bits per heavy atom. The van der Waals surface area contributed by atoms with Gasteiger partial charge in [0.05, 0.1) is 6.54 Å². The number of fused-ring (bicyclic) bond motifs is 1. The highest BCUT2D eigenvalue weighted by Crippen LogP contribution is 2.28. The van der Waals surface area contributed by atoms with Crippen molar-refractivity contribution in [2.24, 2.45) is 5.92 Å². The first-order valence-corrected chi connectivity index (χ1v) is 10.2. The Morgan fingerprint density at radius 2 is 1.72 bits per heavy atom. The van der Waals surface area contributed by atoms with Crippen LogP contribution < -0.4 is 10.2 Å². The van der Waals surface area contributed by atoms with E-state index in [9.17, 15) is 14.0 Å². The van der Waals surface area contributed by atoms with E-state index in [1.54, 1.807) is 12.1 Å². The number of para-hydroxylation sites is 1. The molecule has 0 unspecified atom stereocenters. The van der Waals surface area contributed by atoms with Gasteiger partial charge in [0, 0.05) is 24.7 Å². The predicted molar refractivity (Wildman–Crippen MR) is 110 cm³/mol. The first kappa shape index (κ1) is 19.6. The van der Waals surface area contributed by atoms with Gasteiger partial charge in [-0.3, -0.25) is 14.5 Å². The maximum absolute atomic E-state index is 13.0. The van der Waals surface area contributed by atoms with Crippen molar-refractivity contribution in [1.29, 1.82) is 0 Å². The number of nitrogens with one attached hydrogen (secondary N) is 1. The average molecular weight is 395 g/mol. The van der Waals surface area contributed by atoms with Gasteiger partial charge < -0.3 is 10.2 Å². The van der Waals surface area contributed by atoms with Crippen LogP contribution in [0.5, 0.6) is 0 Å². The zero-order chi connectivity index (χ0) is 20.2. The summed E-state index contributed by atoms with van der Waals surface area (Å²) in [7, 11) is 0. The van der Waals surface area contributed by atoms with Crippen LogP contribution in [0.2, 0.25) is 0 Å². The van der Waals surface area contributed by atoms with Crippen LogP contribution in [0.1, 0.15) is 24.0 Å². The lowest BCUT2D eigenvalue weighted by Crippen LogP contribution is -2.45. The molecular weight excluding hydrogens is 369 g/mol. The Bertz CT molecular complexity index is 876. The quantitative estimate of drug-likeness (QED) is 0.847. The summed E-state index contributed by atoms with van der Waals surface area (Å²) in [6.07, 6.45) is 2.41. The molecule has 2 aromatic carbocycles. The first-order chi connectivity index (χ1) is 14.1. The highest BCUT2D eigenvalue weighted by atomic mass is 19.1. The van der Waals surface area contributed by atoms with Crippen molar-refractivity contribution in [1.82, 2.24) is 10.2 Å². The number of rotatable bonds is 5.